The van der Waals surface area contributed by atoms with Crippen molar-refractivity contribution in [2.75, 3.05) is 21.2 Å². The SMILES string of the molecule is COc1cc(C=C2C(=O)N(C)C(=O)N(C)C2=O)cc(I)c1OCc1ccc(Cl)cc1. The van der Waals surface area contributed by atoms with Crippen molar-refractivity contribution in [3.63, 3.8) is 0 Å². The van der Waals surface area contributed by atoms with E-state index in [0.717, 1.165) is 18.9 Å². The number of hydrogen-bond donors (Lipinski definition) is 0. The fraction of sp³-hybridized carbons (Fsp3) is 0.190. The molecule has 1 aliphatic heterocycles. The summed E-state index contributed by atoms with van der Waals surface area (Å²) >= 11 is 8.00. The molecule has 2 aromatic rings. The predicted molar refractivity (Wildman–Crippen MR) is 120 cm³/mol. The number of hydrogen-bond acceptors (Lipinski definition) is 5. The summed E-state index contributed by atoms with van der Waals surface area (Å²) in [5, 5.41) is 0.646. The minimum atomic E-state index is -0.666. The lowest BCUT2D eigenvalue weighted by Gasteiger charge is -2.28. The number of carbonyl (C=O) groups is 3. The number of ether oxygens (including phenoxy) is 2. The number of likely N-dealkylation sites (N-methyl/N-ethyl adjacent to an activating group) is 2. The Bertz CT molecular complexity index is 1030. The van der Waals surface area contributed by atoms with Crippen molar-refractivity contribution in [3.05, 3.63) is 61.7 Å². The Kier molecular flexibility index (Phi) is 6.67. The first kappa shape index (κ1) is 22.1. The number of methoxy groups -OCH3 is 1. The van der Waals surface area contributed by atoms with Crippen LogP contribution in [0.3, 0.4) is 0 Å². The van der Waals surface area contributed by atoms with Crippen molar-refractivity contribution >= 4 is 58.1 Å². The van der Waals surface area contributed by atoms with E-state index in [1.54, 1.807) is 24.3 Å². The second-order valence-corrected chi connectivity index (χ2v) is 8.12. The zero-order chi connectivity index (χ0) is 22.0. The molecule has 3 rings (SSSR count). The molecule has 30 heavy (non-hydrogen) atoms. The van der Waals surface area contributed by atoms with Gasteiger partial charge in [-0.15, -0.1) is 0 Å². The number of amides is 4. The molecule has 0 aromatic heterocycles. The summed E-state index contributed by atoms with van der Waals surface area (Å²) < 4.78 is 12.1. The second-order valence-electron chi connectivity index (χ2n) is 6.52. The first-order valence-electron chi connectivity index (χ1n) is 8.79. The monoisotopic (exact) mass is 540 g/mol. The molecule has 156 valence electrons. The molecule has 1 aliphatic rings. The average molecular weight is 541 g/mol. The Morgan fingerprint density at radius 2 is 1.63 bits per heavy atom. The molecule has 2 aromatic carbocycles. The number of barbiturate groups is 1. The maximum atomic E-state index is 12.4. The highest BCUT2D eigenvalue weighted by Crippen LogP contribution is 2.35. The van der Waals surface area contributed by atoms with E-state index in [1.165, 1.54) is 27.3 Å². The topological polar surface area (TPSA) is 76.2 Å². The minimum Gasteiger partial charge on any atom is -0.493 e. The van der Waals surface area contributed by atoms with Gasteiger partial charge in [-0.2, -0.15) is 0 Å². The molecule has 0 N–H and O–H groups in total. The number of halogens is 2. The lowest BCUT2D eigenvalue weighted by molar-refractivity contribution is -0.134. The quantitative estimate of drug-likeness (QED) is 0.326. The van der Waals surface area contributed by atoms with Gasteiger partial charge in [0, 0.05) is 19.1 Å². The third kappa shape index (κ3) is 4.44. The highest BCUT2D eigenvalue weighted by Gasteiger charge is 2.37. The smallest absolute Gasteiger partial charge is 0.333 e. The summed E-state index contributed by atoms with van der Waals surface area (Å²) in [5.41, 5.74) is 1.41. The van der Waals surface area contributed by atoms with E-state index in [-0.39, 0.29) is 5.57 Å². The van der Waals surface area contributed by atoms with Crippen molar-refractivity contribution in [2.24, 2.45) is 0 Å². The van der Waals surface area contributed by atoms with Crippen LogP contribution in [-0.4, -0.2) is 48.9 Å². The molecule has 0 bridgehead atoms. The van der Waals surface area contributed by atoms with Crippen LogP contribution >= 0.6 is 34.2 Å². The third-order valence-corrected chi connectivity index (χ3v) is 5.56. The minimum absolute atomic E-state index is 0.104. The number of benzene rings is 2. The fourth-order valence-electron chi connectivity index (χ4n) is 2.84. The summed E-state index contributed by atoms with van der Waals surface area (Å²) in [6.07, 6.45) is 1.44. The number of carbonyl (C=O) groups excluding carboxylic acids is 3. The van der Waals surface area contributed by atoms with Crippen molar-refractivity contribution in [2.45, 2.75) is 6.61 Å². The van der Waals surface area contributed by atoms with E-state index >= 15 is 0 Å². The van der Waals surface area contributed by atoms with Crippen molar-refractivity contribution < 1.29 is 23.9 Å². The zero-order valence-corrected chi connectivity index (χ0v) is 19.4. The predicted octanol–water partition coefficient (Wildman–Crippen LogP) is 3.97. The van der Waals surface area contributed by atoms with Gasteiger partial charge in [-0.05, 0) is 64.1 Å². The van der Waals surface area contributed by atoms with Crippen LogP contribution in [0.2, 0.25) is 5.02 Å². The summed E-state index contributed by atoms with van der Waals surface area (Å²) in [5.74, 6) is -0.308. The summed E-state index contributed by atoms with van der Waals surface area (Å²) in [6, 6.07) is 10.1. The number of nitrogens with zero attached hydrogens (tertiary/aromatic N) is 2. The molecule has 0 atom stereocenters. The summed E-state index contributed by atoms with van der Waals surface area (Å²) in [4.78, 5) is 38.5. The van der Waals surface area contributed by atoms with Gasteiger partial charge >= 0.3 is 6.03 Å². The second kappa shape index (κ2) is 9.05. The van der Waals surface area contributed by atoms with Gasteiger partial charge in [0.15, 0.2) is 11.5 Å². The number of imide groups is 2. The summed E-state index contributed by atoms with van der Waals surface area (Å²) in [6.45, 7) is 0.318. The van der Waals surface area contributed by atoms with Gasteiger partial charge < -0.3 is 9.47 Å². The van der Waals surface area contributed by atoms with Gasteiger partial charge in [0.2, 0.25) is 0 Å². The van der Waals surface area contributed by atoms with Gasteiger partial charge in [0.05, 0.1) is 10.7 Å². The van der Waals surface area contributed by atoms with Crippen LogP contribution in [0, 0.1) is 3.57 Å². The maximum Gasteiger partial charge on any atom is 0.333 e. The van der Waals surface area contributed by atoms with Crippen molar-refractivity contribution in [1.82, 2.24) is 9.80 Å². The Hall–Kier alpha value is -2.59. The highest BCUT2D eigenvalue weighted by atomic mass is 127. The van der Waals surface area contributed by atoms with E-state index in [4.69, 9.17) is 21.1 Å². The van der Waals surface area contributed by atoms with Crippen LogP contribution in [0.25, 0.3) is 6.08 Å². The third-order valence-electron chi connectivity index (χ3n) is 4.50. The lowest BCUT2D eigenvalue weighted by atomic mass is 10.1. The van der Waals surface area contributed by atoms with Crippen LogP contribution in [-0.2, 0) is 16.2 Å². The fourth-order valence-corrected chi connectivity index (χ4v) is 3.75. The van der Waals surface area contributed by atoms with Crippen molar-refractivity contribution in [1.29, 1.82) is 0 Å². The van der Waals surface area contributed by atoms with Crippen LogP contribution < -0.4 is 9.47 Å². The van der Waals surface area contributed by atoms with E-state index in [9.17, 15) is 14.4 Å². The molecule has 0 radical (unpaired) electrons. The Labute approximate surface area is 192 Å². The van der Waals surface area contributed by atoms with Crippen LogP contribution in [0.5, 0.6) is 11.5 Å². The van der Waals surface area contributed by atoms with Gasteiger partial charge in [-0.25, -0.2) is 4.79 Å². The van der Waals surface area contributed by atoms with Crippen LogP contribution in [0.4, 0.5) is 4.79 Å². The van der Waals surface area contributed by atoms with Gasteiger partial charge in [0.1, 0.15) is 12.2 Å². The molecular weight excluding hydrogens is 523 g/mol. The zero-order valence-electron chi connectivity index (χ0n) is 16.4. The maximum absolute atomic E-state index is 12.4. The van der Waals surface area contributed by atoms with E-state index in [0.29, 0.717) is 28.7 Å². The lowest BCUT2D eigenvalue weighted by Crippen LogP contribution is -2.52. The first-order chi connectivity index (χ1) is 14.2. The molecule has 1 heterocycles. The Morgan fingerprint density at radius 1 is 1.03 bits per heavy atom. The normalized spacial score (nSPS) is 14.3. The van der Waals surface area contributed by atoms with Gasteiger partial charge in [0.25, 0.3) is 11.8 Å². The molecule has 0 spiro atoms. The molecular formula is C21H18ClIN2O5. The first-order valence-corrected chi connectivity index (χ1v) is 10.2. The average Bonchev–Trinajstić information content (AvgIpc) is 2.74. The largest absolute Gasteiger partial charge is 0.493 e. The molecule has 7 nitrogen and oxygen atoms in total. The highest BCUT2D eigenvalue weighted by molar-refractivity contribution is 14.1. The number of rotatable bonds is 5. The van der Waals surface area contributed by atoms with Crippen LogP contribution in [0.15, 0.2) is 42.0 Å². The molecule has 4 amide bonds. The van der Waals surface area contributed by atoms with Gasteiger partial charge in [-0.3, -0.25) is 19.4 Å². The van der Waals surface area contributed by atoms with Gasteiger partial charge in [-0.1, -0.05) is 23.7 Å². The molecule has 0 saturated carbocycles. The standard InChI is InChI=1S/C21H18ClIN2O5/c1-24-19(26)15(20(27)25(2)21(24)28)8-13-9-16(23)18(17(10-13)29-3)30-11-12-4-6-14(22)7-5-12/h4-10H,11H2,1-3H3. The Balaban J connectivity index is 1.90. The number of urea groups is 1. The Morgan fingerprint density at radius 3 is 2.20 bits per heavy atom. The molecule has 0 aliphatic carbocycles. The molecule has 1 fully saturated rings. The van der Waals surface area contributed by atoms with E-state index in [1.807, 2.05) is 12.1 Å². The molecule has 0 unspecified atom stereocenters. The van der Waals surface area contributed by atoms with E-state index in [2.05, 4.69) is 22.6 Å². The van der Waals surface area contributed by atoms with Crippen molar-refractivity contribution in [3.8, 4) is 11.5 Å². The summed E-state index contributed by atoms with van der Waals surface area (Å²) in [7, 11) is 4.17. The van der Waals surface area contributed by atoms with E-state index < -0.39 is 17.8 Å². The van der Waals surface area contributed by atoms with Crippen LogP contribution in [0.1, 0.15) is 11.1 Å². The molecule has 1 saturated heterocycles. The molecule has 9 heteroatoms.